The second-order valence-electron chi connectivity index (χ2n) is 4.35. The molecule has 0 saturated heterocycles. The molecule has 0 aromatic rings. The molecule has 0 aliphatic carbocycles. The lowest BCUT2D eigenvalue weighted by molar-refractivity contribution is 0.269. The molecular weight excluding hydrogens is 194 g/mol. The summed E-state index contributed by atoms with van der Waals surface area (Å²) in [6.07, 6.45) is 3.79. The molecule has 0 fully saturated rings. The summed E-state index contributed by atoms with van der Waals surface area (Å²) in [6, 6.07) is 0. The van der Waals surface area contributed by atoms with E-state index < -0.39 is 0 Å². The van der Waals surface area contributed by atoms with E-state index in [4.69, 9.17) is 5.26 Å². The molecule has 1 unspecified atom stereocenters. The minimum Gasteiger partial charge on any atom is -0.272 e. The van der Waals surface area contributed by atoms with Crippen molar-refractivity contribution in [3.8, 4) is 6.19 Å². The Hall–Kier alpha value is -0.690. The summed E-state index contributed by atoms with van der Waals surface area (Å²) in [6.45, 7) is 9.53. The molecule has 0 heterocycles. The molecule has 4 heteroatoms. The number of nitriles is 1. The van der Waals surface area contributed by atoms with E-state index in [9.17, 15) is 0 Å². The number of nitrogens with one attached hydrogen (secondary N) is 1. The lowest BCUT2D eigenvalue weighted by Crippen LogP contribution is -2.22. The molecule has 3 nitrogen and oxygen atoms in total. The highest BCUT2D eigenvalue weighted by molar-refractivity contribution is 8.13. The molecule has 0 rings (SSSR count). The van der Waals surface area contributed by atoms with Gasteiger partial charge in [-0.3, -0.25) is 10.3 Å². The Balaban J connectivity index is 4.20. The Morgan fingerprint density at radius 3 is 2.50 bits per heavy atom. The topological polar surface area (TPSA) is 48.2 Å². The van der Waals surface area contributed by atoms with E-state index in [1.165, 1.54) is 11.8 Å². The van der Waals surface area contributed by atoms with Crippen molar-refractivity contribution in [3.63, 3.8) is 0 Å². The van der Waals surface area contributed by atoms with Crippen molar-refractivity contribution >= 4 is 16.9 Å². The standard InChI is InChI=1S/C10H19N3S/c1-8(10(2,3)4)6-12-9(14-5)13-7-11/h8H,6H2,1-5H3,(H,12,13). The van der Waals surface area contributed by atoms with E-state index in [2.05, 4.69) is 38.0 Å². The van der Waals surface area contributed by atoms with Crippen molar-refractivity contribution in [3.05, 3.63) is 0 Å². The summed E-state index contributed by atoms with van der Waals surface area (Å²) in [5.41, 5.74) is 0.264. The number of thioether (sulfide) groups is 1. The van der Waals surface area contributed by atoms with Gasteiger partial charge in [-0.15, -0.1) is 0 Å². The Bertz CT molecular complexity index is 235. The van der Waals surface area contributed by atoms with Gasteiger partial charge in [-0.25, -0.2) is 0 Å². The zero-order valence-electron chi connectivity index (χ0n) is 9.59. The first-order chi connectivity index (χ1) is 6.41. The van der Waals surface area contributed by atoms with Gasteiger partial charge in [-0.1, -0.05) is 39.5 Å². The average Bonchev–Trinajstić information content (AvgIpc) is 2.10. The third kappa shape index (κ3) is 5.13. The third-order valence-corrected chi connectivity index (χ3v) is 2.96. The second kappa shape index (κ2) is 5.92. The lowest BCUT2D eigenvalue weighted by Gasteiger charge is -2.25. The summed E-state index contributed by atoms with van der Waals surface area (Å²) < 4.78 is 0. The van der Waals surface area contributed by atoms with Gasteiger partial charge in [0.05, 0.1) is 0 Å². The van der Waals surface area contributed by atoms with Crippen LogP contribution >= 0.6 is 11.8 Å². The van der Waals surface area contributed by atoms with Crippen molar-refractivity contribution < 1.29 is 0 Å². The predicted octanol–water partition coefficient (Wildman–Crippen LogP) is 2.46. The molecule has 1 N–H and O–H groups in total. The van der Waals surface area contributed by atoms with Gasteiger partial charge >= 0.3 is 0 Å². The molecule has 0 aliphatic rings. The smallest absolute Gasteiger partial charge is 0.183 e. The van der Waals surface area contributed by atoms with Gasteiger partial charge in [-0.2, -0.15) is 5.26 Å². The summed E-state index contributed by atoms with van der Waals surface area (Å²) in [5, 5.41) is 11.7. The van der Waals surface area contributed by atoms with Crippen LogP contribution in [0.2, 0.25) is 0 Å². The highest BCUT2D eigenvalue weighted by Gasteiger charge is 2.19. The largest absolute Gasteiger partial charge is 0.272 e. The van der Waals surface area contributed by atoms with E-state index >= 15 is 0 Å². The number of nitrogens with zero attached hydrogens (tertiary/aromatic N) is 2. The molecule has 0 amide bonds. The van der Waals surface area contributed by atoms with Crippen LogP contribution in [0.1, 0.15) is 27.7 Å². The molecule has 0 aromatic carbocycles. The molecule has 0 aliphatic heterocycles. The fraction of sp³-hybridized carbons (Fsp3) is 0.800. The van der Waals surface area contributed by atoms with Crippen molar-refractivity contribution in [2.75, 3.05) is 12.8 Å². The van der Waals surface area contributed by atoms with Crippen LogP contribution in [0, 0.1) is 22.8 Å². The molecule has 0 radical (unpaired) electrons. The Morgan fingerprint density at radius 2 is 2.14 bits per heavy atom. The fourth-order valence-electron chi connectivity index (χ4n) is 0.697. The minimum atomic E-state index is 0.264. The highest BCUT2D eigenvalue weighted by atomic mass is 32.2. The average molecular weight is 213 g/mol. The van der Waals surface area contributed by atoms with Crippen LogP contribution in [-0.4, -0.2) is 18.0 Å². The van der Waals surface area contributed by atoms with Crippen LogP contribution in [0.3, 0.4) is 0 Å². The molecule has 0 aromatic heterocycles. The van der Waals surface area contributed by atoms with Crippen molar-refractivity contribution in [2.45, 2.75) is 27.7 Å². The normalized spacial score (nSPS) is 14.7. The summed E-state index contributed by atoms with van der Waals surface area (Å²) in [7, 11) is 0. The number of amidine groups is 1. The number of hydrogen-bond acceptors (Lipinski definition) is 3. The SMILES string of the molecule is CSC(=NCC(C)C(C)(C)C)NC#N. The van der Waals surface area contributed by atoms with E-state index in [-0.39, 0.29) is 5.41 Å². The Morgan fingerprint density at radius 1 is 1.57 bits per heavy atom. The van der Waals surface area contributed by atoms with Crippen LogP contribution in [0.5, 0.6) is 0 Å². The number of hydrogen-bond donors (Lipinski definition) is 1. The van der Waals surface area contributed by atoms with Gasteiger partial charge in [0.15, 0.2) is 11.4 Å². The quantitative estimate of drug-likeness (QED) is 0.332. The molecular formula is C10H19N3S. The maximum absolute atomic E-state index is 8.44. The number of aliphatic imine (C=N–C) groups is 1. The van der Waals surface area contributed by atoms with Gasteiger partial charge in [-0.05, 0) is 17.6 Å². The van der Waals surface area contributed by atoms with E-state index in [1.54, 1.807) is 0 Å². The maximum Gasteiger partial charge on any atom is 0.183 e. The monoisotopic (exact) mass is 213 g/mol. The van der Waals surface area contributed by atoms with Crippen LogP contribution in [-0.2, 0) is 0 Å². The maximum atomic E-state index is 8.44. The van der Waals surface area contributed by atoms with E-state index in [0.717, 1.165) is 6.54 Å². The summed E-state index contributed by atoms with van der Waals surface area (Å²) in [5.74, 6) is 0.505. The van der Waals surface area contributed by atoms with Gasteiger partial charge in [0.25, 0.3) is 0 Å². The van der Waals surface area contributed by atoms with Gasteiger partial charge in [0.2, 0.25) is 0 Å². The first-order valence-corrected chi connectivity index (χ1v) is 5.87. The first-order valence-electron chi connectivity index (χ1n) is 4.65. The van der Waals surface area contributed by atoms with Gasteiger partial charge in [0.1, 0.15) is 0 Å². The number of rotatable bonds is 2. The predicted molar refractivity (Wildman–Crippen MR) is 63.2 cm³/mol. The minimum absolute atomic E-state index is 0.264. The Labute approximate surface area is 91.0 Å². The molecule has 14 heavy (non-hydrogen) atoms. The zero-order chi connectivity index (χ0) is 11.2. The molecule has 0 spiro atoms. The molecule has 80 valence electrons. The highest BCUT2D eigenvalue weighted by Crippen LogP contribution is 2.25. The van der Waals surface area contributed by atoms with Crippen molar-refractivity contribution in [1.82, 2.24) is 5.32 Å². The fourth-order valence-corrected chi connectivity index (χ4v) is 1.05. The van der Waals surface area contributed by atoms with Gasteiger partial charge < -0.3 is 0 Å². The van der Waals surface area contributed by atoms with E-state index in [0.29, 0.717) is 11.1 Å². The zero-order valence-corrected chi connectivity index (χ0v) is 10.4. The molecule has 0 bridgehead atoms. The van der Waals surface area contributed by atoms with Crippen LogP contribution < -0.4 is 5.32 Å². The lowest BCUT2D eigenvalue weighted by atomic mass is 9.82. The van der Waals surface area contributed by atoms with Gasteiger partial charge in [0, 0.05) is 6.54 Å². The summed E-state index contributed by atoms with van der Waals surface area (Å²) >= 11 is 1.46. The third-order valence-electron chi connectivity index (χ3n) is 2.34. The Kier molecular flexibility index (Phi) is 5.63. The van der Waals surface area contributed by atoms with Crippen LogP contribution in [0.25, 0.3) is 0 Å². The second-order valence-corrected chi connectivity index (χ2v) is 5.15. The molecule has 0 saturated carbocycles. The van der Waals surface area contributed by atoms with Crippen molar-refractivity contribution in [1.29, 1.82) is 5.26 Å². The van der Waals surface area contributed by atoms with Crippen LogP contribution in [0.15, 0.2) is 4.99 Å². The van der Waals surface area contributed by atoms with Crippen molar-refractivity contribution in [2.24, 2.45) is 16.3 Å². The molecule has 1 atom stereocenters. The van der Waals surface area contributed by atoms with Crippen LogP contribution in [0.4, 0.5) is 0 Å². The summed E-state index contributed by atoms with van der Waals surface area (Å²) in [4.78, 5) is 4.34. The van der Waals surface area contributed by atoms with E-state index in [1.807, 2.05) is 12.4 Å². The first kappa shape index (κ1) is 13.3.